The number of hydrogen-bond acceptors (Lipinski definition) is 2. The molecule has 1 atom stereocenters. The minimum atomic E-state index is 0.137. The Hall–Kier alpha value is -1.02. The zero-order chi connectivity index (χ0) is 13.3. The predicted molar refractivity (Wildman–Crippen MR) is 77.1 cm³/mol. The number of aliphatic hydroxyl groups is 1. The van der Waals surface area contributed by atoms with Crippen LogP contribution in [0.1, 0.15) is 45.6 Å². The maximum absolute atomic E-state index is 9.41. The first-order valence-corrected chi connectivity index (χ1v) is 6.93. The zero-order valence-electron chi connectivity index (χ0n) is 12.0. The van der Waals surface area contributed by atoms with E-state index in [9.17, 15) is 5.11 Å². The molecule has 0 aliphatic carbocycles. The third-order valence-electron chi connectivity index (χ3n) is 4.07. The lowest BCUT2D eigenvalue weighted by atomic mass is 9.95. The predicted octanol–water partition coefficient (Wildman–Crippen LogP) is 3.41. The Bertz CT molecular complexity index is 411. The molecule has 1 aromatic carbocycles. The highest BCUT2D eigenvalue weighted by Gasteiger charge is 2.38. The molecule has 1 aromatic rings. The minimum absolute atomic E-state index is 0.137. The summed E-state index contributed by atoms with van der Waals surface area (Å²) >= 11 is 0. The van der Waals surface area contributed by atoms with Gasteiger partial charge in [0.2, 0.25) is 0 Å². The third kappa shape index (κ3) is 2.39. The van der Waals surface area contributed by atoms with Gasteiger partial charge in [0.15, 0.2) is 0 Å². The van der Waals surface area contributed by atoms with Crippen molar-refractivity contribution in [3.63, 3.8) is 0 Å². The first-order valence-electron chi connectivity index (χ1n) is 6.93. The molecule has 2 nitrogen and oxygen atoms in total. The fraction of sp³-hybridized carbons (Fsp3) is 0.625. The summed E-state index contributed by atoms with van der Waals surface area (Å²) in [6.07, 6.45) is 1.07. The van der Waals surface area contributed by atoms with Crippen molar-refractivity contribution >= 4 is 5.69 Å². The van der Waals surface area contributed by atoms with E-state index >= 15 is 0 Å². The van der Waals surface area contributed by atoms with E-state index in [-0.39, 0.29) is 5.54 Å². The Balaban J connectivity index is 2.37. The highest BCUT2D eigenvalue weighted by molar-refractivity contribution is 5.57. The maximum Gasteiger partial charge on any atom is 0.0477 e. The van der Waals surface area contributed by atoms with Crippen molar-refractivity contribution in [1.29, 1.82) is 0 Å². The molecule has 0 aromatic heterocycles. The van der Waals surface area contributed by atoms with E-state index in [0.29, 0.717) is 18.4 Å². The van der Waals surface area contributed by atoms with Gasteiger partial charge in [-0.15, -0.1) is 0 Å². The molecule has 1 unspecified atom stereocenters. The number of aliphatic hydroxyl groups excluding tert-OH is 1. The van der Waals surface area contributed by atoms with Crippen LogP contribution in [-0.2, 0) is 0 Å². The van der Waals surface area contributed by atoms with Crippen LogP contribution in [0.4, 0.5) is 5.69 Å². The van der Waals surface area contributed by atoms with Crippen molar-refractivity contribution in [3.05, 3.63) is 29.8 Å². The zero-order valence-corrected chi connectivity index (χ0v) is 12.0. The van der Waals surface area contributed by atoms with Crippen LogP contribution < -0.4 is 4.90 Å². The summed E-state index contributed by atoms with van der Waals surface area (Å²) in [6, 6.07) is 8.67. The summed E-state index contributed by atoms with van der Waals surface area (Å²) in [6.45, 7) is 10.3. The summed E-state index contributed by atoms with van der Waals surface area (Å²) in [4.78, 5) is 2.48. The minimum Gasteiger partial charge on any atom is -0.396 e. The van der Waals surface area contributed by atoms with E-state index in [1.807, 2.05) is 0 Å². The third-order valence-corrected chi connectivity index (χ3v) is 4.07. The number of hydrogen-bond donors (Lipinski definition) is 1. The second-order valence-corrected chi connectivity index (χ2v) is 6.39. The first-order chi connectivity index (χ1) is 8.45. The molecule has 0 bridgehead atoms. The van der Waals surface area contributed by atoms with Crippen molar-refractivity contribution in [2.24, 2.45) is 5.92 Å². The van der Waals surface area contributed by atoms with Crippen molar-refractivity contribution in [2.75, 3.05) is 18.1 Å². The van der Waals surface area contributed by atoms with Crippen LogP contribution in [0.5, 0.6) is 0 Å². The molecule has 0 radical (unpaired) electrons. The van der Waals surface area contributed by atoms with E-state index < -0.39 is 0 Å². The van der Waals surface area contributed by atoms with Gasteiger partial charge in [-0.3, -0.25) is 0 Å². The van der Waals surface area contributed by atoms with Crippen LogP contribution in [0.2, 0.25) is 0 Å². The van der Waals surface area contributed by atoms with Crippen LogP contribution in [0.15, 0.2) is 24.3 Å². The fourth-order valence-corrected chi connectivity index (χ4v) is 3.15. The highest BCUT2D eigenvalue weighted by atomic mass is 16.3. The SMILES string of the molecule is CC(C)c1ccccc1N1CC(CO)CC1(C)C. The number of benzene rings is 1. The molecule has 1 heterocycles. The molecule has 2 heteroatoms. The smallest absolute Gasteiger partial charge is 0.0477 e. The molecule has 1 aliphatic heterocycles. The normalized spacial score (nSPS) is 22.8. The Labute approximate surface area is 111 Å². The van der Waals surface area contributed by atoms with Crippen molar-refractivity contribution < 1.29 is 5.11 Å². The van der Waals surface area contributed by atoms with Gasteiger partial charge < -0.3 is 10.0 Å². The topological polar surface area (TPSA) is 23.5 Å². The van der Waals surface area contributed by atoms with Crippen LogP contribution in [0.3, 0.4) is 0 Å². The van der Waals surface area contributed by atoms with E-state index in [0.717, 1.165) is 13.0 Å². The number of para-hydroxylation sites is 1. The van der Waals surface area contributed by atoms with E-state index in [1.54, 1.807) is 0 Å². The molecular weight excluding hydrogens is 222 g/mol. The van der Waals surface area contributed by atoms with Crippen LogP contribution in [-0.4, -0.2) is 23.8 Å². The molecule has 0 saturated carbocycles. The van der Waals surface area contributed by atoms with Crippen molar-refractivity contribution in [1.82, 2.24) is 0 Å². The van der Waals surface area contributed by atoms with Gasteiger partial charge in [0.25, 0.3) is 0 Å². The van der Waals surface area contributed by atoms with E-state index in [2.05, 4.69) is 56.9 Å². The summed E-state index contributed by atoms with van der Waals surface area (Å²) in [7, 11) is 0. The van der Waals surface area contributed by atoms with Gasteiger partial charge in [0.05, 0.1) is 0 Å². The summed E-state index contributed by atoms with van der Waals surface area (Å²) in [5.74, 6) is 0.936. The molecule has 1 saturated heterocycles. The maximum atomic E-state index is 9.41. The Morgan fingerprint density at radius 2 is 2.00 bits per heavy atom. The standard InChI is InChI=1S/C16H25NO/c1-12(2)14-7-5-6-8-15(14)17-10-13(11-18)9-16(17,3)4/h5-8,12-13,18H,9-11H2,1-4H3. The lowest BCUT2D eigenvalue weighted by Gasteiger charge is -2.35. The lowest BCUT2D eigenvalue weighted by molar-refractivity contribution is 0.232. The quantitative estimate of drug-likeness (QED) is 0.885. The van der Waals surface area contributed by atoms with Gasteiger partial charge in [-0.2, -0.15) is 0 Å². The fourth-order valence-electron chi connectivity index (χ4n) is 3.15. The molecule has 18 heavy (non-hydrogen) atoms. The van der Waals surface area contributed by atoms with Crippen molar-refractivity contribution in [2.45, 2.75) is 45.6 Å². The summed E-state index contributed by atoms with van der Waals surface area (Å²) in [5.41, 5.74) is 2.89. The Morgan fingerprint density at radius 1 is 1.33 bits per heavy atom. The van der Waals surface area contributed by atoms with Crippen molar-refractivity contribution in [3.8, 4) is 0 Å². The summed E-state index contributed by atoms with van der Waals surface area (Å²) < 4.78 is 0. The van der Waals surface area contributed by atoms with Gasteiger partial charge in [-0.1, -0.05) is 32.0 Å². The largest absolute Gasteiger partial charge is 0.396 e. The molecule has 1 N–H and O–H groups in total. The average molecular weight is 247 g/mol. The average Bonchev–Trinajstić information content (AvgIpc) is 2.64. The van der Waals surface area contributed by atoms with Crippen LogP contribution in [0, 0.1) is 5.92 Å². The second kappa shape index (κ2) is 4.93. The van der Waals surface area contributed by atoms with Gasteiger partial charge >= 0.3 is 0 Å². The Kier molecular flexibility index (Phi) is 3.67. The van der Waals surface area contributed by atoms with E-state index in [4.69, 9.17) is 0 Å². The monoisotopic (exact) mass is 247 g/mol. The highest BCUT2D eigenvalue weighted by Crippen LogP contribution is 2.39. The molecular formula is C16H25NO. The summed E-state index contributed by atoms with van der Waals surface area (Å²) in [5, 5.41) is 9.41. The van der Waals surface area contributed by atoms with Gasteiger partial charge in [-0.05, 0) is 37.8 Å². The molecule has 2 rings (SSSR count). The molecule has 0 spiro atoms. The number of rotatable bonds is 3. The molecule has 1 fully saturated rings. The van der Waals surface area contributed by atoms with Gasteiger partial charge in [0.1, 0.15) is 0 Å². The molecule has 100 valence electrons. The first kappa shape index (κ1) is 13.4. The van der Waals surface area contributed by atoms with Crippen LogP contribution in [0.25, 0.3) is 0 Å². The molecule has 0 amide bonds. The Morgan fingerprint density at radius 3 is 2.56 bits per heavy atom. The number of anilines is 1. The van der Waals surface area contributed by atoms with Gasteiger partial charge in [-0.25, -0.2) is 0 Å². The second-order valence-electron chi connectivity index (χ2n) is 6.39. The molecule has 1 aliphatic rings. The van der Waals surface area contributed by atoms with E-state index in [1.165, 1.54) is 11.3 Å². The number of nitrogens with zero attached hydrogens (tertiary/aromatic N) is 1. The van der Waals surface area contributed by atoms with Gasteiger partial charge in [0, 0.05) is 30.3 Å². The lowest BCUT2D eigenvalue weighted by Crippen LogP contribution is -2.38. The van der Waals surface area contributed by atoms with Crippen LogP contribution >= 0.6 is 0 Å².